The van der Waals surface area contributed by atoms with E-state index < -0.39 is 18.1 Å². The largest absolute Gasteiger partial charge is 0.458 e. The van der Waals surface area contributed by atoms with E-state index in [1.807, 2.05) is 82.1 Å². The number of hydrogen-bond acceptors (Lipinski definition) is 2. The predicted octanol–water partition coefficient (Wildman–Crippen LogP) is 18.0. The van der Waals surface area contributed by atoms with E-state index in [2.05, 4.69) is 178 Å². The number of pyridine rings is 1. The van der Waals surface area contributed by atoms with Gasteiger partial charge in [-0.1, -0.05) is 216 Å². The summed E-state index contributed by atoms with van der Waals surface area (Å²) in [7, 11) is 0. The van der Waals surface area contributed by atoms with Gasteiger partial charge >= 0.3 is 0 Å². The first kappa shape index (κ1) is 42.5. The van der Waals surface area contributed by atoms with Crippen LogP contribution < -0.4 is 9.30 Å². The van der Waals surface area contributed by atoms with Crippen molar-refractivity contribution in [2.24, 2.45) is 0 Å². The lowest BCUT2D eigenvalue weighted by molar-refractivity contribution is -0.571. The molecule has 0 saturated carbocycles. The predicted molar refractivity (Wildman–Crippen MR) is 309 cm³/mol. The quantitative estimate of drug-likeness (QED) is 0.107. The van der Waals surface area contributed by atoms with Gasteiger partial charge in [-0.15, -0.1) is 0 Å². The fourth-order valence-electron chi connectivity index (χ4n) is 10.2. The third-order valence-corrected chi connectivity index (χ3v) is 14.4. The Morgan fingerprint density at radius 2 is 1.15 bits per heavy atom. The smallest absolute Gasteiger partial charge is 0.269 e. The summed E-state index contributed by atoms with van der Waals surface area (Å²) in [4.78, 5) is 5.18. The van der Waals surface area contributed by atoms with E-state index in [0.717, 1.165) is 77.7 Å². The number of ether oxygens (including phenoxy) is 1. The monoisotopic (exact) mass is 972 g/mol. The second-order valence-corrected chi connectivity index (χ2v) is 23.0. The van der Waals surface area contributed by atoms with Crippen LogP contribution in [-0.2, 0) is 16.2 Å². The van der Waals surface area contributed by atoms with Gasteiger partial charge in [-0.2, -0.15) is 0 Å². The van der Waals surface area contributed by atoms with Gasteiger partial charge in [0.2, 0.25) is 0 Å². The second-order valence-electron chi connectivity index (χ2n) is 23.0. The van der Waals surface area contributed by atoms with Gasteiger partial charge in [-0.05, 0) is 115 Å². The van der Waals surface area contributed by atoms with E-state index in [4.69, 9.17) is 13.8 Å². The lowest BCUT2D eigenvalue weighted by Gasteiger charge is -2.27. The van der Waals surface area contributed by atoms with E-state index in [1.54, 1.807) is 0 Å². The summed E-state index contributed by atoms with van der Waals surface area (Å²) >= 11 is 0. The highest BCUT2D eigenvalue weighted by atomic mass is 16.5. The zero-order valence-electron chi connectivity index (χ0n) is 49.4. The maximum atomic E-state index is 9.25. The lowest BCUT2D eigenvalue weighted by Crippen LogP contribution is -2.31. The molecule has 0 amide bonds. The van der Waals surface area contributed by atoms with Crippen LogP contribution >= 0.6 is 0 Å². The van der Waals surface area contributed by atoms with Crippen molar-refractivity contribution in [2.75, 3.05) is 0 Å². The van der Waals surface area contributed by atoms with Gasteiger partial charge < -0.3 is 4.74 Å². The molecule has 0 N–H and O–H groups in total. The molecule has 0 radical (unpaired) electrons. The van der Waals surface area contributed by atoms with Crippen LogP contribution in [0, 0.1) is 6.33 Å². The molecule has 0 spiro atoms. The highest BCUT2D eigenvalue weighted by Crippen LogP contribution is 2.41. The number of para-hydroxylation sites is 4. The van der Waals surface area contributed by atoms with Crippen LogP contribution in [0.3, 0.4) is 0 Å². The fourth-order valence-corrected chi connectivity index (χ4v) is 10.2. The molecule has 0 saturated heterocycles. The topological polar surface area (TPSA) is 35.9 Å². The Bertz CT molecular complexity index is 4140. The third kappa shape index (κ3) is 8.99. The summed E-state index contributed by atoms with van der Waals surface area (Å²) in [6.07, 6.45) is 5.74. The van der Waals surface area contributed by atoms with Crippen molar-refractivity contribution in [2.45, 2.75) is 98.3 Å². The van der Waals surface area contributed by atoms with E-state index >= 15 is 0 Å². The number of rotatable bonds is 9. The van der Waals surface area contributed by atoms with Gasteiger partial charge in [0.15, 0.2) is 0 Å². The minimum absolute atomic E-state index is 0.0594. The number of aromatic nitrogens is 4. The molecule has 11 aromatic rings. The number of nitrogens with zero attached hydrogens (tertiary/aromatic N) is 4. The molecule has 11 rings (SSSR count). The minimum atomic E-state index is -0.440. The number of fused-ring (bicyclic) bond motifs is 4. The van der Waals surface area contributed by atoms with Crippen molar-refractivity contribution in [3.05, 3.63) is 223 Å². The van der Waals surface area contributed by atoms with Gasteiger partial charge in [0, 0.05) is 28.6 Å². The van der Waals surface area contributed by atoms with Crippen molar-refractivity contribution >= 4 is 32.8 Å². The minimum Gasteiger partial charge on any atom is -0.458 e. The van der Waals surface area contributed by atoms with Gasteiger partial charge in [0.05, 0.1) is 40.3 Å². The average molecular weight is 972 g/mol. The molecule has 8 aromatic carbocycles. The van der Waals surface area contributed by atoms with Gasteiger partial charge in [0.25, 0.3) is 6.33 Å². The van der Waals surface area contributed by atoms with Crippen LogP contribution in [0.5, 0.6) is 11.5 Å². The molecule has 368 valence electrons. The standard InChI is InChI=1S/C69H66N4O/c1-45(2)59-42-65(70-43-60(59)47-31-33-49(34-32-47)67(3,4)5)73-61-28-16-15-25-57(61)58-36-35-54(41-64(58)73)74-53-24-19-23-52(40-53)71-44-72(63-30-18-17-29-62(63)71)66-55(46-21-13-12-14-22-46)26-20-27-56(66)48-37-50(68(6,7)8)39-51(38-48)69(9,10)11/h12-43,45H,1-11H3/i12D,13D,14D,21D,22D. The zero-order chi connectivity index (χ0) is 56.0. The molecule has 3 heterocycles. The second kappa shape index (κ2) is 18.5. The van der Waals surface area contributed by atoms with Crippen LogP contribution in [0.4, 0.5) is 0 Å². The van der Waals surface area contributed by atoms with Crippen LogP contribution in [0.2, 0.25) is 0 Å². The molecule has 3 aromatic heterocycles. The first-order valence-corrected chi connectivity index (χ1v) is 25.7. The molecule has 0 atom stereocenters. The first-order valence-electron chi connectivity index (χ1n) is 28.2. The summed E-state index contributed by atoms with van der Waals surface area (Å²) in [5.41, 5.74) is 14.3. The van der Waals surface area contributed by atoms with Crippen LogP contribution in [0.25, 0.3) is 83.4 Å². The molecular formula is C69H66N4O. The molecule has 0 aliphatic heterocycles. The van der Waals surface area contributed by atoms with Gasteiger partial charge in [-0.25, -0.2) is 4.98 Å². The summed E-state index contributed by atoms with van der Waals surface area (Å²) in [5.74, 6) is 2.36. The Morgan fingerprint density at radius 3 is 1.84 bits per heavy atom. The van der Waals surface area contributed by atoms with Crippen LogP contribution in [0.15, 0.2) is 194 Å². The summed E-state index contributed by atoms with van der Waals surface area (Å²) in [6, 6.07) is 52.6. The molecule has 5 nitrogen and oxygen atoms in total. The summed E-state index contributed by atoms with van der Waals surface area (Å²) in [5, 5.41) is 2.21. The van der Waals surface area contributed by atoms with Crippen LogP contribution in [-0.4, -0.2) is 14.1 Å². The zero-order valence-corrected chi connectivity index (χ0v) is 44.4. The molecule has 0 fully saturated rings. The third-order valence-electron chi connectivity index (χ3n) is 14.4. The van der Waals surface area contributed by atoms with Crippen molar-refractivity contribution < 1.29 is 16.2 Å². The average Bonchev–Trinajstić information content (AvgIpc) is 4.16. The molecule has 0 bridgehead atoms. The maximum absolute atomic E-state index is 9.25. The van der Waals surface area contributed by atoms with Crippen molar-refractivity contribution in [3.8, 4) is 62.1 Å². The Morgan fingerprint density at radius 1 is 0.527 bits per heavy atom. The Kier molecular flexibility index (Phi) is 10.6. The summed E-state index contributed by atoms with van der Waals surface area (Å²) in [6.45, 7) is 24.5. The number of benzene rings is 8. The van der Waals surface area contributed by atoms with E-state index in [9.17, 15) is 2.74 Å². The number of imidazole rings is 1. The lowest BCUT2D eigenvalue weighted by atomic mass is 9.78. The molecule has 0 unspecified atom stereocenters. The van der Waals surface area contributed by atoms with Crippen molar-refractivity contribution in [1.82, 2.24) is 14.1 Å². The number of hydrogen-bond donors (Lipinski definition) is 0. The molecule has 0 aliphatic carbocycles. The maximum Gasteiger partial charge on any atom is 0.269 e. The van der Waals surface area contributed by atoms with Crippen molar-refractivity contribution in [3.63, 3.8) is 0 Å². The molecule has 5 heteroatoms. The fraction of sp³-hybridized carbons (Fsp3) is 0.217. The van der Waals surface area contributed by atoms with Crippen molar-refractivity contribution in [1.29, 1.82) is 0 Å². The van der Waals surface area contributed by atoms with Gasteiger partial charge in [0.1, 0.15) is 17.3 Å². The molecular weight excluding hydrogens is 901 g/mol. The normalized spacial score (nSPS) is 13.3. The Balaban J connectivity index is 1.04. The van der Waals surface area contributed by atoms with Crippen LogP contribution in [0.1, 0.15) is 111 Å². The highest BCUT2D eigenvalue weighted by Gasteiger charge is 2.25. The SMILES string of the molecule is [2H]c1c([2H])c([2H])c(-c2cccc(-c3cc(C(C)(C)C)cc(C(C)(C)C)c3)c2-[n+]2[c-]n(-c3cccc(Oc4ccc5c6ccccc6n(-c6cc(C(C)C)c(-c7ccc(C(C)(C)C)cc7)cn6)c5c4)c3)c3ccccc32)c([2H])c1[2H]. The van der Waals surface area contributed by atoms with E-state index in [0.29, 0.717) is 22.7 Å². The molecule has 74 heavy (non-hydrogen) atoms. The summed E-state index contributed by atoms with van der Waals surface area (Å²) < 4.78 is 57.6. The Labute approximate surface area is 444 Å². The first-order chi connectivity index (χ1) is 37.5. The van der Waals surface area contributed by atoms with Gasteiger partial charge in [-0.3, -0.25) is 13.7 Å². The Hall–Kier alpha value is -8.02. The molecule has 0 aliphatic rings. The van der Waals surface area contributed by atoms with E-state index in [1.165, 1.54) is 11.1 Å². The van der Waals surface area contributed by atoms with E-state index in [-0.39, 0.29) is 39.8 Å². The highest BCUT2D eigenvalue weighted by molar-refractivity contribution is 6.09.